The number of hydrogen-bond donors (Lipinski definition) is 0. The van der Waals surface area contributed by atoms with Crippen molar-refractivity contribution < 1.29 is 9.85 Å². The summed E-state index contributed by atoms with van der Waals surface area (Å²) in [6.07, 6.45) is 18.5. The summed E-state index contributed by atoms with van der Waals surface area (Å²) in [4.78, 5) is 20.0. The van der Waals surface area contributed by atoms with Gasteiger partial charge >= 0.3 is 0 Å². The van der Waals surface area contributed by atoms with Crippen molar-refractivity contribution in [3.8, 4) is 0 Å². The van der Waals surface area contributed by atoms with E-state index in [0.29, 0.717) is 0 Å². The van der Waals surface area contributed by atoms with Crippen LogP contribution in [0.1, 0.15) is 103 Å². The Morgan fingerprint density at radius 1 is 0.429 bits per heavy atom. The van der Waals surface area contributed by atoms with E-state index in [1.165, 1.54) is 75.7 Å². The van der Waals surface area contributed by atoms with E-state index in [2.05, 4.69) is 0 Å². The van der Waals surface area contributed by atoms with E-state index >= 15 is 0 Å². The number of unbranched alkanes of at least 4 members (excludes halogenated alkanes) is 14. The molecule has 0 saturated heterocycles. The normalized spacial score (nSPS) is 11.0. The molecule has 0 N–H and O–H groups in total. The minimum absolute atomic E-state index is 0.128. The van der Waals surface area contributed by atoms with Gasteiger partial charge in [0.1, 0.15) is 0 Å². The molecule has 0 aliphatic heterocycles. The van der Waals surface area contributed by atoms with E-state index < -0.39 is 0 Å². The molecule has 0 spiro atoms. The van der Waals surface area contributed by atoms with Crippen molar-refractivity contribution >= 4 is 21.6 Å². The number of rotatable bonds is 23. The second-order valence-electron chi connectivity index (χ2n) is 7.41. The van der Waals surface area contributed by atoms with Gasteiger partial charge in [-0.2, -0.15) is 0 Å². The lowest BCUT2D eigenvalue weighted by Crippen LogP contribution is -1.99. The molecule has 0 radical (unpaired) electrons. The highest BCUT2D eigenvalue weighted by atomic mass is 33.1. The molecule has 0 saturated carbocycles. The van der Waals surface area contributed by atoms with Gasteiger partial charge in [-0.05, 0) is 25.7 Å². The van der Waals surface area contributed by atoms with Crippen LogP contribution in [0, 0.1) is 20.2 Å². The second-order valence-corrected chi connectivity index (χ2v) is 10.1. The maximum atomic E-state index is 10.2. The van der Waals surface area contributed by atoms with Gasteiger partial charge in [0, 0.05) is 34.2 Å². The first kappa shape index (κ1) is 27.5. The minimum Gasteiger partial charge on any atom is -0.265 e. The Kier molecular flexibility index (Phi) is 22.4. The van der Waals surface area contributed by atoms with Crippen LogP contribution in [-0.4, -0.2) is 34.4 Å². The summed E-state index contributed by atoms with van der Waals surface area (Å²) in [6, 6.07) is 0. The lowest BCUT2D eigenvalue weighted by atomic mass is 10.1. The van der Waals surface area contributed by atoms with Crippen LogP contribution in [0.15, 0.2) is 0 Å². The monoisotopic (exact) mass is 436 g/mol. The lowest BCUT2D eigenvalue weighted by molar-refractivity contribution is -0.480. The van der Waals surface area contributed by atoms with Crippen LogP contribution in [0.5, 0.6) is 0 Å². The maximum absolute atomic E-state index is 10.2. The fourth-order valence-corrected chi connectivity index (χ4v) is 5.34. The van der Waals surface area contributed by atoms with E-state index in [1.54, 1.807) is 0 Å². The van der Waals surface area contributed by atoms with Crippen molar-refractivity contribution in [2.45, 2.75) is 103 Å². The third-order valence-corrected chi connectivity index (χ3v) is 7.30. The van der Waals surface area contributed by atoms with Crippen LogP contribution < -0.4 is 0 Å². The Balaban J connectivity index is 3.01. The van der Waals surface area contributed by atoms with Gasteiger partial charge in [0.2, 0.25) is 13.1 Å². The Bertz CT molecular complexity index is 340. The molecule has 0 aliphatic rings. The molecule has 6 nitrogen and oxygen atoms in total. The second kappa shape index (κ2) is 22.8. The molecule has 166 valence electrons. The van der Waals surface area contributed by atoms with E-state index in [4.69, 9.17) is 0 Å². The van der Waals surface area contributed by atoms with Crippen LogP contribution in [0.4, 0.5) is 0 Å². The first-order chi connectivity index (χ1) is 13.6. The van der Waals surface area contributed by atoms with Gasteiger partial charge in [-0.15, -0.1) is 0 Å². The predicted molar refractivity (Wildman–Crippen MR) is 123 cm³/mol. The smallest absolute Gasteiger partial charge is 0.203 e. The first-order valence-electron chi connectivity index (χ1n) is 11.1. The molecule has 8 heteroatoms. The van der Waals surface area contributed by atoms with Gasteiger partial charge < -0.3 is 0 Å². The minimum atomic E-state index is -0.219. The molecule has 0 unspecified atom stereocenters. The molecule has 0 atom stereocenters. The molecule has 0 fully saturated rings. The van der Waals surface area contributed by atoms with Gasteiger partial charge in [0.15, 0.2) is 0 Å². The van der Waals surface area contributed by atoms with E-state index in [1.807, 2.05) is 21.6 Å². The molecule has 0 aromatic carbocycles. The summed E-state index contributed by atoms with van der Waals surface area (Å²) < 4.78 is 0. The Labute approximate surface area is 179 Å². The van der Waals surface area contributed by atoms with Gasteiger partial charge in [0.05, 0.1) is 0 Å². The molecule has 0 amide bonds. The molecule has 28 heavy (non-hydrogen) atoms. The van der Waals surface area contributed by atoms with Gasteiger partial charge in [-0.1, -0.05) is 85.8 Å². The van der Waals surface area contributed by atoms with Gasteiger partial charge in [-0.3, -0.25) is 20.2 Å². The third-order valence-electron chi connectivity index (χ3n) is 4.72. The van der Waals surface area contributed by atoms with Crippen molar-refractivity contribution in [2.24, 2.45) is 0 Å². The zero-order chi connectivity index (χ0) is 20.7. The first-order valence-corrected chi connectivity index (χ1v) is 13.6. The zero-order valence-electron chi connectivity index (χ0n) is 17.5. The van der Waals surface area contributed by atoms with Gasteiger partial charge in [-0.25, -0.2) is 0 Å². The summed E-state index contributed by atoms with van der Waals surface area (Å²) in [6.45, 7) is 0.255. The topological polar surface area (TPSA) is 86.3 Å². The standard InChI is InChI=1S/C20H40N2O4S2/c23-21(24)17-13-9-5-1-3-7-11-15-19-27-28-20-16-12-8-4-2-6-10-14-18-22(25)26/h1-20H2. The van der Waals surface area contributed by atoms with Gasteiger partial charge in [0.25, 0.3) is 0 Å². The van der Waals surface area contributed by atoms with E-state index in [9.17, 15) is 20.2 Å². The zero-order valence-corrected chi connectivity index (χ0v) is 19.1. The van der Waals surface area contributed by atoms with Crippen LogP contribution in [0.2, 0.25) is 0 Å². The summed E-state index contributed by atoms with van der Waals surface area (Å²) >= 11 is 0. The maximum Gasteiger partial charge on any atom is 0.203 e. The Morgan fingerprint density at radius 2 is 0.679 bits per heavy atom. The molecular formula is C20H40N2O4S2. The molecule has 0 bridgehead atoms. The number of hydrogen-bond acceptors (Lipinski definition) is 6. The average molecular weight is 437 g/mol. The average Bonchev–Trinajstić information content (AvgIpc) is 2.65. The highest BCUT2D eigenvalue weighted by Gasteiger charge is 1.99. The van der Waals surface area contributed by atoms with Crippen LogP contribution >= 0.6 is 21.6 Å². The summed E-state index contributed by atoms with van der Waals surface area (Å²) in [7, 11) is 4.02. The van der Waals surface area contributed by atoms with Crippen LogP contribution in [0.3, 0.4) is 0 Å². The van der Waals surface area contributed by atoms with Crippen molar-refractivity contribution in [3.05, 3.63) is 20.2 Å². The van der Waals surface area contributed by atoms with Crippen molar-refractivity contribution in [1.29, 1.82) is 0 Å². The van der Waals surface area contributed by atoms with Crippen LogP contribution in [-0.2, 0) is 0 Å². The van der Waals surface area contributed by atoms with Crippen molar-refractivity contribution in [1.82, 2.24) is 0 Å². The molecule has 0 rings (SSSR count). The largest absolute Gasteiger partial charge is 0.265 e. The Morgan fingerprint density at radius 3 is 0.964 bits per heavy atom. The third kappa shape index (κ3) is 25.5. The van der Waals surface area contributed by atoms with E-state index in [-0.39, 0.29) is 22.9 Å². The van der Waals surface area contributed by atoms with Crippen molar-refractivity contribution in [3.63, 3.8) is 0 Å². The lowest BCUT2D eigenvalue weighted by Gasteiger charge is -2.03. The SMILES string of the molecule is O=[N+]([O-])CCCCCCCCCCSSCCCCCCCCCC[N+](=O)[O-]. The Hall–Kier alpha value is -0.500. The number of nitrogens with zero attached hydrogens (tertiary/aromatic N) is 2. The number of nitro groups is 2. The molecule has 0 aliphatic carbocycles. The quantitative estimate of drug-likeness (QED) is 0.0730. The fraction of sp³-hybridized carbons (Fsp3) is 1.00. The molecule has 0 heterocycles. The predicted octanol–water partition coefficient (Wildman–Crippen LogP) is 7.16. The summed E-state index contributed by atoms with van der Waals surface area (Å²) in [5.74, 6) is 2.50. The van der Waals surface area contributed by atoms with E-state index in [0.717, 1.165) is 38.5 Å². The van der Waals surface area contributed by atoms with Crippen LogP contribution in [0.25, 0.3) is 0 Å². The highest BCUT2D eigenvalue weighted by Crippen LogP contribution is 2.24. The molecule has 0 aromatic rings. The highest BCUT2D eigenvalue weighted by molar-refractivity contribution is 8.76. The molecule has 0 aromatic heterocycles. The molecular weight excluding hydrogens is 396 g/mol. The van der Waals surface area contributed by atoms with Crippen molar-refractivity contribution in [2.75, 3.05) is 24.6 Å². The summed E-state index contributed by atoms with van der Waals surface area (Å²) in [5, 5.41) is 20.4. The summed E-state index contributed by atoms with van der Waals surface area (Å²) in [5.41, 5.74) is 0. The fourth-order valence-electron chi connectivity index (χ4n) is 3.04.